The first-order valence-electron chi connectivity index (χ1n) is 8.46. The van der Waals surface area contributed by atoms with Gasteiger partial charge in [-0.15, -0.1) is 0 Å². The summed E-state index contributed by atoms with van der Waals surface area (Å²) >= 11 is 6.03. The molecule has 130 valence electrons. The Bertz CT molecular complexity index is 608. The van der Waals surface area contributed by atoms with E-state index in [0.29, 0.717) is 17.0 Å². The van der Waals surface area contributed by atoms with Crippen LogP contribution in [-0.2, 0) is 14.3 Å². The van der Waals surface area contributed by atoms with Crippen LogP contribution in [0.3, 0.4) is 0 Å². The molecule has 1 amide bonds. The SMILES string of the molecule is O=C(OCC(=O)N1CCCCCC1)C1CC1c1c(F)cccc1Cl. The molecule has 24 heavy (non-hydrogen) atoms. The van der Waals surface area contributed by atoms with E-state index in [4.69, 9.17) is 16.3 Å². The van der Waals surface area contributed by atoms with Crippen molar-refractivity contribution in [2.45, 2.75) is 38.0 Å². The van der Waals surface area contributed by atoms with Gasteiger partial charge in [-0.3, -0.25) is 9.59 Å². The van der Waals surface area contributed by atoms with Crippen molar-refractivity contribution >= 4 is 23.5 Å². The average Bonchev–Trinajstić information content (AvgIpc) is 3.36. The number of carbonyl (C=O) groups is 2. The maximum absolute atomic E-state index is 13.9. The van der Waals surface area contributed by atoms with Crippen molar-refractivity contribution in [3.05, 3.63) is 34.6 Å². The van der Waals surface area contributed by atoms with Crippen LogP contribution >= 0.6 is 11.6 Å². The molecule has 1 saturated carbocycles. The summed E-state index contributed by atoms with van der Waals surface area (Å²) in [6, 6.07) is 4.49. The van der Waals surface area contributed by atoms with Crippen LogP contribution in [0.1, 0.15) is 43.6 Å². The summed E-state index contributed by atoms with van der Waals surface area (Å²) < 4.78 is 19.0. The summed E-state index contributed by atoms with van der Waals surface area (Å²) in [4.78, 5) is 26.0. The van der Waals surface area contributed by atoms with Gasteiger partial charge in [0.25, 0.3) is 5.91 Å². The predicted molar refractivity (Wildman–Crippen MR) is 88.3 cm³/mol. The molecular weight excluding hydrogens is 333 g/mol. The van der Waals surface area contributed by atoms with Gasteiger partial charge in [-0.05, 0) is 31.4 Å². The number of hydrogen-bond acceptors (Lipinski definition) is 3. The van der Waals surface area contributed by atoms with Gasteiger partial charge in [0.05, 0.1) is 5.92 Å². The molecule has 2 atom stereocenters. The monoisotopic (exact) mass is 353 g/mol. The molecule has 1 heterocycles. The lowest BCUT2D eigenvalue weighted by Crippen LogP contribution is -2.35. The molecular formula is C18H21ClFNO3. The topological polar surface area (TPSA) is 46.6 Å². The third-order valence-electron chi connectivity index (χ3n) is 4.76. The highest BCUT2D eigenvalue weighted by molar-refractivity contribution is 6.31. The first kappa shape index (κ1) is 17.2. The maximum Gasteiger partial charge on any atom is 0.310 e. The Morgan fingerprint density at radius 1 is 1.21 bits per heavy atom. The molecule has 1 aromatic rings. The largest absolute Gasteiger partial charge is 0.455 e. The number of likely N-dealkylation sites (tertiary alicyclic amines) is 1. The summed E-state index contributed by atoms with van der Waals surface area (Å²) in [5.41, 5.74) is 0.375. The van der Waals surface area contributed by atoms with Crippen LogP contribution < -0.4 is 0 Å². The Balaban J connectivity index is 1.51. The van der Waals surface area contributed by atoms with E-state index >= 15 is 0 Å². The van der Waals surface area contributed by atoms with E-state index in [2.05, 4.69) is 0 Å². The van der Waals surface area contributed by atoms with E-state index in [-0.39, 0.29) is 18.4 Å². The van der Waals surface area contributed by atoms with Gasteiger partial charge in [0, 0.05) is 29.6 Å². The molecule has 3 rings (SSSR count). The Morgan fingerprint density at radius 2 is 1.92 bits per heavy atom. The van der Waals surface area contributed by atoms with Crippen LogP contribution in [0.2, 0.25) is 5.02 Å². The highest BCUT2D eigenvalue weighted by Gasteiger charge is 2.47. The van der Waals surface area contributed by atoms with Gasteiger partial charge in [0.2, 0.25) is 0 Å². The zero-order valence-electron chi connectivity index (χ0n) is 13.5. The summed E-state index contributed by atoms with van der Waals surface area (Å²) in [5.74, 6) is -1.65. The Hall–Kier alpha value is -1.62. The highest BCUT2D eigenvalue weighted by Crippen LogP contribution is 2.51. The maximum atomic E-state index is 13.9. The summed E-state index contributed by atoms with van der Waals surface area (Å²) in [6.45, 7) is 1.23. The second-order valence-corrected chi connectivity index (χ2v) is 6.89. The minimum Gasteiger partial charge on any atom is -0.455 e. The number of nitrogens with zero attached hydrogens (tertiary/aromatic N) is 1. The molecule has 4 nitrogen and oxygen atoms in total. The number of benzene rings is 1. The van der Waals surface area contributed by atoms with Gasteiger partial charge < -0.3 is 9.64 Å². The molecule has 0 spiro atoms. The highest BCUT2D eigenvalue weighted by atomic mass is 35.5. The van der Waals surface area contributed by atoms with Crippen molar-refractivity contribution in [2.75, 3.05) is 19.7 Å². The van der Waals surface area contributed by atoms with Crippen molar-refractivity contribution in [1.82, 2.24) is 4.90 Å². The third-order valence-corrected chi connectivity index (χ3v) is 5.09. The van der Waals surface area contributed by atoms with Gasteiger partial charge >= 0.3 is 5.97 Å². The summed E-state index contributed by atoms with van der Waals surface area (Å²) in [5, 5.41) is 0.330. The number of amides is 1. The van der Waals surface area contributed by atoms with Crippen molar-refractivity contribution < 1.29 is 18.7 Å². The number of ether oxygens (including phenoxy) is 1. The van der Waals surface area contributed by atoms with Gasteiger partial charge in [-0.1, -0.05) is 30.5 Å². The fourth-order valence-corrected chi connectivity index (χ4v) is 3.59. The number of hydrogen-bond donors (Lipinski definition) is 0. The molecule has 0 bridgehead atoms. The van der Waals surface area contributed by atoms with Gasteiger partial charge in [0.15, 0.2) is 6.61 Å². The third kappa shape index (κ3) is 3.89. The minimum absolute atomic E-state index is 0.147. The van der Waals surface area contributed by atoms with E-state index in [1.165, 1.54) is 12.1 Å². The first-order chi connectivity index (χ1) is 11.6. The molecule has 0 radical (unpaired) electrons. The number of rotatable bonds is 4. The van der Waals surface area contributed by atoms with Gasteiger partial charge in [0.1, 0.15) is 5.82 Å². The van der Waals surface area contributed by atoms with E-state index in [9.17, 15) is 14.0 Å². The van der Waals surface area contributed by atoms with Crippen molar-refractivity contribution in [3.8, 4) is 0 Å². The van der Waals surface area contributed by atoms with Crippen LogP contribution in [0.5, 0.6) is 0 Å². The van der Waals surface area contributed by atoms with Crippen LogP contribution in [0.25, 0.3) is 0 Å². The molecule has 0 aromatic heterocycles. The van der Waals surface area contributed by atoms with Crippen LogP contribution in [0.4, 0.5) is 4.39 Å². The van der Waals surface area contributed by atoms with Crippen molar-refractivity contribution in [3.63, 3.8) is 0 Å². The van der Waals surface area contributed by atoms with E-state index in [0.717, 1.165) is 38.8 Å². The van der Waals surface area contributed by atoms with Crippen LogP contribution in [0.15, 0.2) is 18.2 Å². The zero-order chi connectivity index (χ0) is 17.1. The van der Waals surface area contributed by atoms with Crippen molar-refractivity contribution in [2.24, 2.45) is 5.92 Å². The Labute approximate surface area is 145 Å². The van der Waals surface area contributed by atoms with Gasteiger partial charge in [-0.2, -0.15) is 0 Å². The standard InChI is InChI=1S/C18H21ClFNO3/c19-14-6-5-7-15(20)17(14)12-10-13(12)18(23)24-11-16(22)21-8-3-1-2-4-9-21/h5-7,12-13H,1-4,8-11H2. The molecule has 2 unspecified atom stereocenters. The van der Waals surface area contributed by atoms with E-state index < -0.39 is 17.7 Å². The number of halogens is 2. The minimum atomic E-state index is -0.442. The smallest absolute Gasteiger partial charge is 0.310 e. The molecule has 1 saturated heterocycles. The molecule has 6 heteroatoms. The molecule has 1 aliphatic carbocycles. The normalized spacial score (nSPS) is 23.5. The fourth-order valence-electron chi connectivity index (χ4n) is 3.29. The van der Waals surface area contributed by atoms with Crippen LogP contribution in [-0.4, -0.2) is 36.5 Å². The molecule has 2 fully saturated rings. The first-order valence-corrected chi connectivity index (χ1v) is 8.84. The van der Waals surface area contributed by atoms with Crippen molar-refractivity contribution in [1.29, 1.82) is 0 Å². The second-order valence-electron chi connectivity index (χ2n) is 6.49. The second kappa shape index (κ2) is 7.51. The molecule has 1 aromatic carbocycles. The number of esters is 1. The Morgan fingerprint density at radius 3 is 2.58 bits per heavy atom. The van der Waals surface area contributed by atoms with E-state index in [1.54, 1.807) is 11.0 Å². The summed E-state index contributed by atoms with van der Waals surface area (Å²) in [7, 11) is 0. The molecule has 0 N–H and O–H groups in total. The van der Waals surface area contributed by atoms with Crippen LogP contribution in [0, 0.1) is 11.7 Å². The lowest BCUT2D eigenvalue weighted by atomic mass is 10.1. The quantitative estimate of drug-likeness (QED) is 0.778. The predicted octanol–water partition coefficient (Wildman–Crippen LogP) is 3.53. The molecule has 2 aliphatic rings. The molecule has 1 aliphatic heterocycles. The average molecular weight is 354 g/mol. The zero-order valence-corrected chi connectivity index (χ0v) is 14.2. The summed E-state index contributed by atoms with van der Waals surface area (Å²) in [6.07, 6.45) is 4.77. The number of carbonyl (C=O) groups excluding carboxylic acids is 2. The van der Waals surface area contributed by atoms with E-state index in [1.807, 2.05) is 0 Å². The van der Waals surface area contributed by atoms with Gasteiger partial charge in [-0.25, -0.2) is 4.39 Å². The fraction of sp³-hybridized carbons (Fsp3) is 0.556. The lowest BCUT2D eigenvalue weighted by molar-refractivity contribution is -0.153. The Kier molecular flexibility index (Phi) is 5.39. The lowest BCUT2D eigenvalue weighted by Gasteiger charge is -2.19.